The third kappa shape index (κ3) is 3.82. The minimum Gasteiger partial charge on any atom is -0.485 e. The number of nitro groups is 1. The number of benzene rings is 1. The van der Waals surface area contributed by atoms with Crippen molar-refractivity contribution in [2.24, 2.45) is 5.73 Å². The van der Waals surface area contributed by atoms with E-state index in [-0.39, 0.29) is 24.1 Å². The van der Waals surface area contributed by atoms with Gasteiger partial charge in [-0.1, -0.05) is 11.6 Å². The number of halogens is 1. The quantitative estimate of drug-likeness (QED) is 0.581. The summed E-state index contributed by atoms with van der Waals surface area (Å²) in [7, 11) is 0. The van der Waals surface area contributed by atoms with Gasteiger partial charge in [0.1, 0.15) is 12.6 Å². The maximum absolute atomic E-state index is 11.3. The number of carbonyl (C=O) groups is 1. The zero-order valence-electron chi connectivity index (χ0n) is 10.5. The highest BCUT2D eigenvalue weighted by molar-refractivity contribution is 6.30. The van der Waals surface area contributed by atoms with Gasteiger partial charge in [-0.25, -0.2) is 0 Å². The van der Waals surface area contributed by atoms with Gasteiger partial charge in [0.05, 0.1) is 4.92 Å². The zero-order valence-corrected chi connectivity index (χ0v) is 11.3. The van der Waals surface area contributed by atoms with Crippen LogP contribution >= 0.6 is 11.6 Å². The van der Waals surface area contributed by atoms with Crippen LogP contribution in [-0.4, -0.2) is 29.5 Å². The molecule has 108 valence electrons. The van der Waals surface area contributed by atoms with Crippen LogP contribution in [0.4, 0.5) is 5.69 Å². The Morgan fingerprint density at radius 3 is 2.85 bits per heavy atom. The first kappa shape index (κ1) is 14.5. The number of primary amides is 1. The molecule has 1 fully saturated rings. The third-order valence-electron chi connectivity index (χ3n) is 2.88. The molecule has 2 rings (SSSR count). The van der Waals surface area contributed by atoms with Gasteiger partial charge in [-0.3, -0.25) is 14.9 Å². The number of nitro benzene ring substituents is 1. The number of nitrogens with two attached hydrogens (primary N) is 1. The predicted molar refractivity (Wildman–Crippen MR) is 72.7 cm³/mol. The lowest BCUT2D eigenvalue weighted by atomic mass is 10.2. The second kappa shape index (κ2) is 6.06. The maximum Gasteiger partial charge on any atom is 0.311 e. The molecule has 0 bridgehead atoms. The topological polar surface area (TPSA) is 107 Å². The summed E-state index contributed by atoms with van der Waals surface area (Å²) in [5.74, 6) is -0.534. The monoisotopic (exact) mass is 299 g/mol. The molecule has 1 aliphatic carbocycles. The van der Waals surface area contributed by atoms with Gasteiger partial charge in [0.2, 0.25) is 5.91 Å². The van der Waals surface area contributed by atoms with Crippen molar-refractivity contribution < 1.29 is 14.5 Å². The van der Waals surface area contributed by atoms with Gasteiger partial charge in [0.15, 0.2) is 5.75 Å². The number of nitrogens with one attached hydrogen (secondary N) is 1. The molecule has 1 amide bonds. The second-order valence-electron chi connectivity index (χ2n) is 4.58. The Labute approximate surface area is 120 Å². The molecular formula is C12H14ClN3O4. The van der Waals surface area contributed by atoms with Gasteiger partial charge in [0, 0.05) is 23.2 Å². The van der Waals surface area contributed by atoms with Gasteiger partial charge in [-0.15, -0.1) is 0 Å². The fraction of sp³-hybridized carbons (Fsp3) is 0.417. The molecule has 1 saturated carbocycles. The smallest absolute Gasteiger partial charge is 0.311 e. The molecule has 7 nitrogen and oxygen atoms in total. The summed E-state index contributed by atoms with van der Waals surface area (Å²) in [5.41, 5.74) is 5.06. The molecule has 0 heterocycles. The number of amides is 1. The molecule has 20 heavy (non-hydrogen) atoms. The predicted octanol–water partition coefficient (Wildman–Crippen LogP) is 1.23. The first-order chi connectivity index (χ1) is 9.47. The van der Waals surface area contributed by atoms with Gasteiger partial charge >= 0.3 is 5.69 Å². The summed E-state index contributed by atoms with van der Waals surface area (Å²) >= 11 is 5.78. The van der Waals surface area contributed by atoms with Crippen molar-refractivity contribution in [3.8, 4) is 5.75 Å². The van der Waals surface area contributed by atoms with E-state index in [1.54, 1.807) is 0 Å². The Balaban J connectivity index is 2.06. The molecular weight excluding hydrogens is 286 g/mol. The number of hydrogen-bond acceptors (Lipinski definition) is 5. The van der Waals surface area contributed by atoms with Crippen molar-refractivity contribution in [1.82, 2.24) is 5.32 Å². The minimum atomic E-state index is -0.680. The number of ether oxygens (including phenoxy) is 1. The maximum atomic E-state index is 11.3. The van der Waals surface area contributed by atoms with Gasteiger partial charge in [0.25, 0.3) is 0 Å². The van der Waals surface area contributed by atoms with Gasteiger partial charge < -0.3 is 15.8 Å². The second-order valence-corrected chi connectivity index (χ2v) is 5.01. The molecule has 0 saturated heterocycles. The van der Waals surface area contributed by atoms with E-state index in [9.17, 15) is 14.9 Å². The molecule has 3 N–H and O–H groups in total. The van der Waals surface area contributed by atoms with E-state index in [0.29, 0.717) is 5.02 Å². The molecule has 0 spiro atoms. The van der Waals surface area contributed by atoms with Gasteiger partial charge in [-0.2, -0.15) is 0 Å². The minimum absolute atomic E-state index is 0.0198. The fourth-order valence-corrected chi connectivity index (χ4v) is 1.84. The highest BCUT2D eigenvalue weighted by atomic mass is 35.5. The standard InChI is InChI=1S/C12H14ClN3O4/c13-7-1-4-10(16(18)19)11(5-7)20-6-9(12(14)17)15-8-2-3-8/h1,4-5,8-9,15H,2-3,6H2,(H2,14,17). The lowest BCUT2D eigenvalue weighted by molar-refractivity contribution is -0.385. The average molecular weight is 300 g/mol. The Bertz CT molecular complexity index is 533. The van der Waals surface area contributed by atoms with Crippen LogP contribution < -0.4 is 15.8 Å². The molecule has 1 unspecified atom stereocenters. The number of hydrogen-bond donors (Lipinski definition) is 2. The number of rotatable bonds is 7. The van der Waals surface area contributed by atoms with Gasteiger partial charge in [-0.05, 0) is 18.9 Å². The summed E-state index contributed by atoms with van der Waals surface area (Å²) in [6.45, 7) is -0.0764. The van der Waals surface area contributed by atoms with Crippen LogP contribution in [0.3, 0.4) is 0 Å². The largest absolute Gasteiger partial charge is 0.485 e. The van der Waals surface area contributed by atoms with Crippen molar-refractivity contribution in [2.45, 2.75) is 24.9 Å². The van der Waals surface area contributed by atoms with Crippen LogP contribution in [0.15, 0.2) is 18.2 Å². The lowest BCUT2D eigenvalue weighted by Gasteiger charge is -2.16. The summed E-state index contributed by atoms with van der Waals surface area (Å²) in [5, 5.41) is 14.2. The molecule has 1 aliphatic rings. The molecule has 0 aromatic heterocycles. The van der Waals surface area contributed by atoms with E-state index in [1.807, 2.05) is 0 Å². The Morgan fingerprint density at radius 2 is 2.30 bits per heavy atom. The average Bonchev–Trinajstić information content (AvgIpc) is 3.17. The highest BCUT2D eigenvalue weighted by Gasteiger charge is 2.28. The van der Waals surface area contributed by atoms with Crippen molar-refractivity contribution in [3.63, 3.8) is 0 Å². The third-order valence-corrected chi connectivity index (χ3v) is 3.12. The Hall–Kier alpha value is -1.86. The highest BCUT2D eigenvalue weighted by Crippen LogP contribution is 2.30. The fourth-order valence-electron chi connectivity index (χ4n) is 1.67. The van der Waals surface area contributed by atoms with Crippen molar-refractivity contribution in [2.75, 3.05) is 6.61 Å². The SMILES string of the molecule is NC(=O)C(COc1cc(Cl)ccc1[N+](=O)[O-])NC1CC1. The summed E-state index contributed by atoms with van der Waals surface area (Å²) < 4.78 is 5.34. The van der Waals surface area contributed by atoms with Crippen LogP contribution in [0.2, 0.25) is 5.02 Å². The summed E-state index contributed by atoms with van der Waals surface area (Å²) in [4.78, 5) is 21.6. The van der Waals surface area contributed by atoms with Crippen molar-refractivity contribution in [1.29, 1.82) is 0 Å². The van der Waals surface area contributed by atoms with Crippen LogP contribution in [-0.2, 0) is 4.79 Å². The van der Waals surface area contributed by atoms with Crippen LogP contribution in [0.25, 0.3) is 0 Å². The van der Waals surface area contributed by atoms with E-state index >= 15 is 0 Å². The lowest BCUT2D eigenvalue weighted by Crippen LogP contribution is -2.46. The first-order valence-electron chi connectivity index (χ1n) is 6.09. The molecule has 1 aromatic carbocycles. The van der Waals surface area contributed by atoms with E-state index in [2.05, 4.69) is 5.32 Å². The van der Waals surface area contributed by atoms with Crippen LogP contribution in [0.1, 0.15) is 12.8 Å². The van der Waals surface area contributed by atoms with Crippen molar-refractivity contribution >= 4 is 23.2 Å². The molecule has 1 aromatic rings. The molecule has 1 atom stereocenters. The van der Waals surface area contributed by atoms with Crippen LogP contribution in [0.5, 0.6) is 5.75 Å². The summed E-state index contributed by atoms with van der Waals surface area (Å²) in [6.07, 6.45) is 1.97. The normalized spacial score (nSPS) is 15.7. The Morgan fingerprint density at radius 1 is 1.60 bits per heavy atom. The van der Waals surface area contributed by atoms with E-state index in [0.717, 1.165) is 12.8 Å². The Kier molecular flexibility index (Phi) is 4.41. The van der Waals surface area contributed by atoms with E-state index in [1.165, 1.54) is 18.2 Å². The number of carbonyl (C=O) groups excluding carboxylic acids is 1. The molecule has 0 aliphatic heterocycles. The van der Waals surface area contributed by atoms with Crippen molar-refractivity contribution in [3.05, 3.63) is 33.3 Å². The van der Waals surface area contributed by atoms with Crippen LogP contribution in [0, 0.1) is 10.1 Å². The molecule has 0 radical (unpaired) electrons. The van der Waals surface area contributed by atoms with E-state index in [4.69, 9.17) is 22.1 Å². The zero-order chi connectivity index (χ0) is 14.7. The first-order valence-corrected chi connectivity index (χ1v) is 6.47. The molecule has 8 heteroatoms. The number of nitrogens with zero attached hydrogens (tertiary/aromatic N) is 1. The summed E-state index contributed by atoms with van der Waals surface area (Å²) in [6, 6.07) is 3.59. The van der Waals surface area contributed by atoms with E-state index < -0.39 is 16.9 Å².